The van der Waals surface area contributed by atoms with Crippen molar-refractivity contribution >= 4 is 75.2 Å². The van der Waals surface area contributed by atoms with Crippen molar-refractivity contribution < 1.29 is 0 Å². The summed E-state index contributed by atoms with van der Waals surface area (Å²) in [4.78, 5) is 0. The van der Waals surface area contributed by atoms with E-state index in [1.165, 1.54) is 10.8 Å². The van der Waals surface area contributed by atoms with Gasteiger partial charge in [0, 0.05) is 5.70 Å². The van der Waals surface area contributed by atoms with E-state index in [4.69, 9.17) is 24.4 Å². The molecule has 0 heterocycles. The Morgan fingerprint density at radius 3 is 2.38 bits per heavy atom. The summed E-state index contributed by atoms with van der Waals surface area (Å²) < 4.78 is 0.860. The maximum absolute atomic E-state index is 5.09. The van der Waals surface area contributed by atoms with Crippen LogP contribution in [0.2, 0.25) is 0 Å². The molecular weight excluding hydrogens is 336 g/mol. The van der Waals surface area contributed by atoms with Crippen molar-refractivity contribution in [3.05, 3.63) is 53.2 Å². The van der Waals surface area contributed by atoms with Gasteiger partial charge in [-0.2, -0.15) is 0 Å². The lowest BCUT2D eigenvalue weighted by molar-refractivity contribution is 0.734. The zero-order valence-corrected chi connectivity index (χ0v) is 14.3. The highest BCUT2D eigenvalue weighted by Crippen LogP contribution is 2.36. The molecule has 2 aromatic carbocycles. The van der Waals surface area contributed by atoms with E-state index < -0.39 is 0 Å². The van der Waals surface area contributed by atoms with Crippen LogP contribution in [0.3, 0.4) is 0 Å². The molecule has 0 aromatic heterocycles. The van der Waals surface area contributed by atoms with Crippen LogP contribution in [0.4, 0.5) is 0 Å². The van der Waals surface area contributed by atoms with Gasteiger partial charge in [0.05, 0.1) is 6.04 Å². The van der Waals surface area contributed by atoms with Crippen LogP contribution < -0.4 is 10.6 Å². The molecule has 0 spiro atoms. The van der Waals surface area contributed by atoms with Crippen LogP contribution in [0.5, 0.6) is 0 Å². The van der Waals surface area contributed by atoms with Crippen molar-refractivity contribution in [2.75, 3.05) is 0 Å². The molecule has 6 heteroatoms. The summed E-state index contributed by atoms with van der Waals surface area (Å²) in [6.45, 7) is 0. The molecule has 1 atom stereocenters. The van der Waals surface area contributed by atoms with Gasteiger partial charge in [0.25, 0.3) is 0 Å². The Labute approximate surface area is 144 Å². The summed E-state index contributed by atoms with van der Waals surface area (Å²) in [5.74, 6) is 0. The molecule has 0 saturated heterocycles. The predicted molar refractivity (Wildman–Crippen MR) is 104 cm³/mol. The highest BCUT2D eigenvalue weighted by atomic mass is 32.1. The Balaban J connectivity index is 2.22. The lowest BCUT2D eigenvalue weighted by Gasteiger charge is -2.28. The standard InChI is InChI=1S/C15H12N2S4/c18-14(19)16-11-7-9-5-1-3-8-4-2-6-10(12(8)9)13(11)17-15(20)21/h1-7,13H,(H2,16,18,19)(H2,17,20,21). The number of rotatable bonds is 2. The van der Waals surface area contributed by atoms with Gasteiger partial charge in [-0.1, -0.05) is 60.8 Å². The fourth-order valence-electron chi connectivity index (χ4n) is 2.69. The average Bonchev–Trinajstić information content (AvgIpc) is 2.42. The quantitative estimate of drug-likeness (QED) is 0.489. The second-order valence-electron chi connectivity index (χ2n) is 4.70. The third kappa shape index (κ3) is 2.94. The van der Waals surface area contributed by atoms with Crippen LogP contribution in [-0.4, -0.2) is 8.64 Å². The Hall–Kier alpha value is -1.08. The molecule has 3 rings (SSSR count). The van der Waals surface area contributed by atoms with E-state index in [9.17, 15) is 0 Å². The first-order valence-corrected chi connectivity index (χ1v) is 8.00. The van der Waals surface area contributed by atoms with Gasteiger partial charge in [-0.15, -0.1) is 25.3 Å². The Kier molecular flexibility index (Phi) is 4.21. The van der Waals surface area contributed by atoms with Crippen molar-refractivity contribution in [3.8, 4) is 0 Å². The third-order valence-corrected chi connectivity index (χ3v) is 3.88. The highest BCUT2D eigenvalue weighted by molar-refractivity contribution is 8.11. The fourth-order valence-corrected chi connectivity index (χ4v) is 3.18. The van der Waals surface area contributed by atoms with Crippen LogP contribution in [0.15, 0.2) is 42.1 Å². The van der Waals surface area contributed by atoms with E-state index in [1.54, 1.807) is 0 Å². The zero-order chi connectivity index (χ0) is 15.0. The highest BCUT2D eigenvalue weighted by Gasteiger charge is 2.24. The van der Waals surface area contributed by atoms with Gasteiger partial charge >= 0.3 is 0 Å². The fraction of sp³-hybridized carbons (Fsp3) is 0.0667. The molecule has 2 N–H and O–H groups in total. The lowest BCUT2D eigenvalue weighted by atomic mass is 9.88. The first-order chi connectivity index (χ1) is 10.1. The van der Waals surface area contributed by atoms with E-state index in [-0.39, 0.29) is 6.04 Å². The number of hydrogen-bond donors (Lipinski definition) is 4. The molecule has 106 valence electrons. The largest absolute Gasteiger partial charge is 0.359 e. The van der Waals surface area contributed by atoms with E-state index in [0.717, 1.165) is 16.8 Å². The molecule has 21 heavy (non-hydrogen) atoms. The minimum absolute atomic E-state index is 0.112. The van der Waals surface area contributed by atoms with Crippen molar-refractivity contribution in [2.45, 2.75) is 6.04 Å². The SMILES string of the molecule is S=C(S)NC1=Cc2cccc3cccc(c23)C1NC(=S)S. The molecule has 0 radical (unpaired) electrons. The summed E-state index contributed by atoms with van der Waals surface area (Å²) in [7, 11) is 0. The van der Waals surface area contributed by atoms with E-state index in [2.05, 4.69) is 66.2 Å². The molecule has 0 aliphatic heterocycles. The first-order valence-electron chi connectivity index (χ1n) is 6.29. The van der Waals surface area contributed by atoms with Crippen LogP contribution in [-0.2, 0) is 0 Å². The Bertz CT molecular complexity index is 777. The van der Waals surface area contributed by atoms with Crippen LogP contribution in [0, 0.1) is 0 Å². The monoisotopic (exact) mass is 348 g/mol. The van der Waals surface area contributed by atoms with Gasteiger partial charge in [0.1, 0.15) is 8.64 Å². The number of thiol groups is 2. The number of thiocarbonyl (C=S) groups is 2. The Morgan fingerprint density at radius 2 is 1.71 bits per heavy atom. The van der Waals surface area contributed by atoms with Gasteiger partial charge in [0.2, 0.25) is 0 Å². The molecule has 1 aliphatic carbocycles. The lowest BCUT2D eigenvalue weighted by Crippen LogP contribution is -2.33. The average molecular weight is 349 g/mol. The van der Waals surface area contributed by atoms with E-state index >= 15 is 0 Å². The molecule has 2 nitrogen and oxygen atoms in total. The molecule has 1 unspecified atom stereocenters. The van der Waals surface area contributed by atoms with Crippen LogP contribution in [0.25, 0.3) is 16.8 Å². The maximum Gasteiger partial charge on any atom is 0.134 e. The van der Waals surface area contributed by atoms with Gasteiger partial charge < -0.3 is 10.6 Å². The molecule has 0 saturated carbocycles. The van der Waals surface area contributed by atoms with Gasteiger partial charge in [-0.05, 0) is 28.0 Å². The van der Waals surface area contributed by atoms with Crippen molar-refractivity contribution in [2.24, 2.45) is 0 Å². The molecule has 2 aromatic rings. The summed E-state index contributed by atoms with van der Waals surface area (Å²) in [5.41, 5.74) is 3.21. The summed E-state index contributed by atoms with van der Waals surface area (Å²) in [6, 6.07) is 12.4. The maximum atomic E-state index is 5.09. The summed E-state index contributed by atoms with van der Waals surface area (Å²) in [6.07, 6.45) is 2.07. The van der Waals surface area contributed by atoms with Gasteiger partial charge in [0.15, 0.2) is 0 Å². The smallest absolute Gasteiger partial charge is 0.134 e. The molecular formula is C15H12N2S4. The minimum Gasteiger partial charge on any atom is -0.359 e. The van der Waals surface area contributed by atoms with Gasteiger partial charge in [-0.3, -0.25) is 0 Å². The van der Waals surface area contributed by atoms with Crippen molar-refractivity contribution in [1.29, 1.82) is 0 Å². The topological polar surface area (TPSA) is 24.1 Å². The zero-order valence-electron chi connectivity index (χ0n) is 10.8. The first kappa shape index (κ1) is 14.8. The second-order valence-corrected chi connectivity index (χ2v) is 7.02. The number of benzene rings is 2. The third-order valence-electron chi connectivity index (χ3n) is 3.42. The number of nitrogens with one attached hydrogen (secondary N) is 2. The van der Waals surface area contributed by atoms with Gasteiger partial charge in [-0.25, -0.2) is 0 Å². The van der Waals surface area contributed by atoms with Crippen molar-refractivity contribution in [3.63, 3.8) is 0 Å². The molecule has 1 aliphatic rings. The van der Waals surface area contributed by atoms with E-state index in [1.807, 2.05) is 12.1 Å². The Morgan fingerprint density at radius 1 is 1.00 bits per heavy atom. The summed E-state index contributed by atoms with van der Waals surface area (Å²) in [5, 5.41) is 8.75. The normalized spacial score (nSPS) is 16.3. The number of hydrogen-bond acceptors (Lipinski definition) is 2. The van der Waals surface area contributed by atoms with E-state index in [0.29, 0.717) is 8.64 Å². The van der Waals surface area contributed by atoms with Crippen LogP contribution >= 0.6 is 49.7 Å². The predicted octanol–water partition coefficient (Wildman–Crippen LogP) is 3.84. The molecule has 0 fully saturated rings. The summed E-state index contributed by atoms with van der Waals surface area (Å²) >= 11 is 18.5. The van der Waals surface area contributed by atoms with Crippen molar-refractivity contribution in [1.82, 2.24) is 10.6 Å². The molecule has 0 bridgehead atoms. The second kappa shape index (κ2) is 5.96. The van der Waals surface area contributed by atoms with Crippen LogP contribution in [0.1, 0.15) is 17.2 Å². The minimum atomic E-state index is -0.112. The molecule has 0 amide bonds.